The first kappa shape index (κ1) is 9.33. The topological polar surface area (TPSA) is 49.9 Å². The molecule has 0 aliphatic carbocycles. The van der Waals surface area contributed by atoms with Crippen LogP contribution >= 0.6 is 0 Å². The predicted molar refractivity (Wildman–Crippen MR) is 36.3 cm³/mol. The lowest BCUT2D eigenvalue weighted by Crippen LogP contribution is -2.35. The molecule has 0 unspecified atom stereocenters. The van der Waals surface area contributed by atoms with Crippen molar-refractivity contribution in [3.8, 4) is 0 Å². The molecule has 0 bridgehead atoms. The molecule has 0 aliphatic rings. The van der Waals surface area contributed by atoms with E-state index in [2.05, 4.69) is 5.73 Å². The van der Waals surface area contributed by atoms with Crippen LogP contribution in [0.2, 0.25) is 0 Å². The van der Waals surface area contributed by atoms with E-state index in [-0.39, 0.29) is 12.3 Å². The summed E-state index contributed by atoms with van der Waals surface area (Å²) in [5, 5.41) is 6.52. The van der Waals surface area contributed by atoms with E-state index in [4.69, 9.17) is 5.41 Å². The minimum absolute atomic E-state index is 0.140. The Morgan fingerprint density at radius 1 is 1.60 bits per heavy atom. The molecule has 10 heavy (non-hydrogen) atoms. The van der Waals surface area contributed by atoms with Crippen molar-refractivity contribution < 1.29 is 8.78 Å². The van der Waals surface area contributed by atoms with E-state index >= 15 is 0 Å². The van der Waals surface area contributed by atoms with Crippen molar-refractivity contribution in [3.63, 3.8) is 0 Å². The highest BCUT2D eigenvalue weighted by Gasteiger charge is 2.33. The fraction of sp³-hybridized carbons (Fsp3) is 0.833. The summed E-state index contributed by atoms with van der Waals surface area (Å²) in [5.74, 6) is -4.30. The van der Waals surface area contributed by atoms with Gasteiger partial charge in [-0.15, -0.1) is 0 Å². The normalized spacial score (nSPS) is 12.1. The summed E-state index contributed by atoms with van der Waals surface area (Å²) in [6.45, 7) is 3.33. The highest BCUT2D eigenvalue weighted by Crippen LogP contribution is 2.22. The number of hydrogen-bond donors (Lipinski definition) is 2. The van der Waals surface area contributed by atoms with Crippen LogP contribution in [-0.2, 0) is 0 Å². The van der Waals surface area contributed by atoms with Gasteiger partial charge in [0.15, 0.2) is 5.84 Å². The lowest BCUT2D eigenvalue weighted by atomic mass is 10.0. The SMILES string of the molecule is CC(C)CC(F)(F)C(=N)N. The van der Waals surface area contributed by atoms with Crippen molar-refractivity contribution in [1.82, 2.24) is 0 Å². The molecular weight excluding hydrogens is 138 g/mol. The molecule has 0 rings (SSSR count). The Hall–Kier alpha value is -0.670. The summed E-state index contributed by atoms with van der Waals surface area (Å²) >= 11 is 0. The lowest BCUT2D eigenvalue weighted by Gasteiger charge is -2.15. The molecule has 60 valence electrons. The predicted octanol–water partition coefficient (Wildman–Crippen LogP) is 1.60. The fourth-order valence-electron chi connectivity index (χ4n) is 0.623. The van der Waals surface area contributed by atoms with E-state index in [1.54, 1.807) is 13.8 Å². The van der Waals surface area contributed by atoms with Crippen LogP contribution in [0.3, 0.4) is 0 Å². The van der Waals surface area contributed by atoms with Gasteiger partial charge in [-0.25, -0.2) is 0 Å². The van der Waals surface area contributed by atoms with E-state index in [0.717, 1.165) is 0 Å². The first-order chi connectivity index (χ1) is 4.36. The first-order valence-electron chi connectivity index (χ1n) is 3.08. The van der Waals surface area contributed by atoms with Crippen molar-refractivity contribution >= 4 is 5.84 Å². The van der Waals surface area contributed by atoms with Gasteiger partial charge >= 0.3 is 5.92 Å². The standard InChI is InChI=1S/C6H12F2N2/c1-4(2)3-6(7,8)5(9)10/h4H,3H2,1-2H3,(H3,9,10). The second-order valence-corrected chi connectivity index (χ2v) is 2.72. The van der Waals surface area contributed by atoms with Crippen LogP contribution in [0.15, 0.2) is 0 Å². The Bertz CT molecular complexity index is 132. The second-order valence-electron chi connectivity index (χ2n) is 2.72. The first-order valence-corrected chi connectivity index (χ1v) is 3.08. The highest BCUT2D eigenvalue weighted by molar-refractivity contribution is 5.84. The summed E-state index contributed by atoms with van der Waals surface area (Å²) in [6.07, 6.45) is -0.345. The average Bonchev–Trinajstić information content (AvgIpc) is 1.60. The maximum Gasteiger partial charge on any atom is 0.303 e. The quantitative estimate of drug-likeness (QED) is 0.466. The Labute approximate surface area is 58.9 Å². The van der Waals surface area contributed by atoms with Gasteiger partial charge in [0.25, 0.3) is 0 Å². The Morgan fingerprint density at radius 3 is 2.10 bits per heavy atom. The van der Waals surface area contributed by atoms with Crippen LogP contribution in [0.4, 0.5) is 8.78 Å². The number of amidine groups is 1. The summed E-state index contributed by atoms with van der Waals surface area (Å²) in [5.41, 5.74) is 4.65. The molecular formula is C6H12F2N2. The third-order valence-corrected chi connectivity index (χ3v) is 1.06. The van der Waals surface area contributed by atoms with Gasteiger partial charge in [0.2, 0.25) is 0 Å². The van der Waals surface area contributed by atoms with Crippen molar-refractivity contribution in [2.24, 2.45) is 11.7 Å². The molecule has 0 saturated carbocycles. The molecule has 0 atom stereocenters. The smallest absolute Gasteiger partial charge is 0.303 e. The molecule has 0 saturated heterocycles. The Balaban J connectivity index is 4.00. The maximum absolute atomic E-state index is 12.4. The summed E-state index contributed by atoms with van der Waals surface area (Å²) < 4.78 is 24.9. The third-order valence-electron chi connectivity index (χ3n) is 1.06. The minimum atomic E-state index is -3.12. The van der Waals surface area contributed by atoms with E-state index in [0.29, 0.717) is 0 Å². The van der Waals surface area contributed by atoms with Crippen molar-refractivity contribution in [3.05, 3.63) is 0 Å². The van der Waals surface area contributed by atoms with Crippen LogP contribution < -0.4 is 5.73 Å². The second kappa shape index (κ2) is 2.94. The highest BCUT2D eigenvalue weighted by atomic mass is 19.3. The number of rotatable bonds is 3. The Morgan fingerprint density at radius 2 is 2.00 bits per heavy atom. The van der Waals surface area contributed by atoms with E-state index in [1.807, 2.05) is 0 Å². The number of nitrogens with one attached hydrogen (secondary N) is 1. The molecule has 0 aromatic heterocycles. The van der Waals surface area contributed by atoms with Crippen LogP contribution in [0.1, 0.15) is 20.3 Å². The molecule has 0 aliphatic heterocycles. The van der Waals surface area contributed by atoms with Gasteiger partial charge in [-0.3, -0.25) is 5.41 Å². The summed E-state index contributed by atoms with van der Waals surface area (Å²) in [6, 6.07) is 0. The van der Waals surface area contributed by atoms with Gasteiger partial charge in [0.1, 0.15) is 0 Å². The molecule has 0 aromatic rings. The van der Waals surface area contributed by atoms with Crippen molar-refractivity contribution in [2.75, 3.05) is 0 Å². The van der Waals surface area contributed by atoms with Gasteiger partial charge in [-0.2, -0.15) is 8.78 Å². The molecule has 0 fully saturated rings. The Kier molecular flexibility index (Phi) is 2.75. The molecule has 0 heterocycles. The third kappa shape index (κ3) is 2.75. The van der Waals surface area contributed by atoms with Crippen molar-refractivity contribution in [2.45, 2.75) is 26.2 Å². The van der Waals surface area contributed by atoms with Crippen molar-refractivity contribution in [1.29, 1.82) is 5.41 Å². The zero-order valence-corrected chi connectivity index (χ0v) is 6.12. The number of halogens is 2. The monoisotopic (exact) mass is 150 g/mol. The fourth-order valence-corrected chi connectivity index (χ4v) is 0.623. The van der Waals surface area contributed by atoms with Crippen LogP contribution in [0.25, 0.3) is 0 Å². The largest absolute Gasteiger partial charge is 0.383 e. The number of nitrogens with two attached hydrogens (primary N) is 1. The molecule has 0 amide bonds. The van der Waals surface area contributed by atoms with Gasteiger partial charge in [0.05, 0.1) is 0 Å². The zero-order chi connectivity index (χ0) is 8.36. The molecule has 2 nitrogen and oxygen atoms in total. The van der Waals surface area contributed by atoms with Crippen LogP contribution in [-0.4, -0.2) is 11.8 Å². The molecule has 4 heteroatoms. The summed E-state index contributed by atoms with van der Waals surface area (Å²) in [4.78, 5) is 0. The number of hydrogen-bond acceptors (Lipinski definition) is 1. The number of alkyl halides is 2. The minimum Gasteiger partial charge on any atom is -0.383 e. The van der Waals surface area contributed by atoms with Gasteiger partial charge < -0.3 is 5.73 Å². The van der Waals surface area contributed by atoms with E-state index in [9.17, 15) is 8.78 Å². The molecule has 3 N–H and O–H groups in total. The van der Waals surface area contributed by atoms with E-state index < -0.39 is 11.8 Å². The van der Waals surface area contributed by atoms with Gasteiger partial charge in [0, 0.05) is 6.42 Å². The molecule has 0 aromatic carbocycles. The average molecular weight is 150 g/mol. The lowest BCUT2D eigenvalue weighted by molar-refractivity contribution is 0.0521. The summed E-state index contributed by atoms with van der Waals surface area (Å²) in [7, 11) is 0. The zero-order valence-electron chi connectivity index (χ0n) is 6.12. The van der Waals surface area contributed by atoms with Crippen LogP contribution in [0, 0.1) is 11.3 Å². The van der Waals surface area contributed by atoms with Gasteiger partial charge in [-0.1, -0.05) is 13.8 Å². The van der Waals surface area contributed by atoms with Gasteiger partial charge in [-0.05, 0) is 5.92 Å². The van der Waals surface area contributed by atoms with Crippen LogP contribution in [0.5, 0.6) is 0 Å². The molecule has 0 radical (unpaired) electrons. The maximum atomic E-state index is 12.4. The molecule has 0 spiro atoms. The van der Waals surface area contributed by atoms with E-state index in [1.165, 1.54) is 0 Å².